The van der Waals surface area contributed by atoms with Gasteiger partial charge in [0.2, 0.25) is 5.88 Å². The monoisotopic (exact) mass is 209 g/mol. The zero-order valence-electron chi connectivity index (χ0n) is 9.66. The van der Waals surface area contributed by atoms with Gasteiger partial charge in [-0.15, -0.1) is 0 Å². The Labute approximate surface area is 91.1 Å². The van der Waals surface area contributed by atoms with Gasteiger partial charge in [0.25, 0.3) is 0 Å². The maximum atomic E-state index is 5.08. The largest absolute Gasteiger partial charge is 0.481 e. The lowest BCUT2D eigenvalue weighted by molar-refractivity contribution is 0.393. The van der Waals surface area contributed by atoms with Crippen molar-refractivity contribution in [1.29, 1.82) is 0 Å². The first-order valence-corrected chi connectivity index (χ1v) is 5.41. The molecule has 0 aliphatic carbocycles. The standard InChI is InChI=1S/C11H19N3O/c1-4-6-12-9(5-2)10-7-11(15-3)14-8-13-10/h7-9,12H,4-6H2,1-3H3. The van der Waals surface area contributed by atoms with Crippen LogP contribution in [0.1, 0.15) is 38.4 Å². The Morgan fingerprint density at radius 3 is 2.80 bits per heavy atom. The summed E-state index contributed by atoms with van der Waals surface area (Å²) in [6.45, 7) is 5.30. The van der Waals surface area contributed by atoms with Crippen molar-refractivity contribution in [2.24, 2.45) is 0 Å². The topological polar surface area (TPSA) is 47.0 Å². The van der Waals surface area contributed by atoms with Crippen molar-refractivity contribution < 1.29 is 4.74 Å². The molecule has 0 fully saturated rings. The van der Waals surface area contributed by atoms with E-state index in [1.165, 1.54) is 0 Å². The van der Waals surface area contributed by atoms with Crippen LogP contribution >= 0.6 is 0 Å². The van der Waals surface area contributed by atoms with Crippen LogP contribution in [0.3, 0.4) is 0 Å². The van der Waals surface area contributed by atoms with Crippen LogP contribution in [-0.2, 0) is 0 Å². The van der Waals surface area contributed by atoms with Gasteiger partial charge in [-0.25, -0.2) is 9.97 Å². The first kappa shape index (κ1) is 11.9. The zero-order chi connectivity index (χ0) is 11.1. The van der Waals surface area contributed by atoms with Crippen molar-refractivity contribution in [2.75, 3.05) is 13.7 Å². The molecule has 1 atom stereocenters. The van der Waals surface area contributed by atoms with E-state index in [2.05, 4.69) is 29.1 Å². The molecular formula is C11H19N3O. The van der Waals surface area contributed by atoms with Crippen LogP contribution in [0.15, 0.2) is 12.4 Å². The van der Waals surface area contributed by atoms with Crippen LogP contribution < -0.4 is 10.1 Å². The van der Waals surface area contributed by atoms with Crippen molar-refractivity contribution in [3.63, 3.8) is 0 Å². The molecule has 0 radical (unpaired) electrons. The van der Waals surface area contributed by atoms with E-state index in [9.17, 15) is 0 Å². The number of hydrogen-bond donors (Lipinski definition) is 1. The lowest BCUT2D eigenvalue weighted by atomic mass is 10.1. The maximum Gasteiger partial charge on any atom is 0.216 e. The van der Waals surface area contributed by atoms with Gasteiger partial charge in [-0.3, -0.25) is 0 Å². The van der Waals surface area contributed by atoms with Gasteiger partial charge in [-0.2, -0.15) is 0 Å². The Kier molecular flexibility index (Phi) is 5.04. The van der Waals surface area contributed by atoms with Gasteiger partial charge in [0.15, 0.2) is 0 Å². The zero-order valence-corrected chi connectivity index (χ0v) is 9.66. The van der Waals surface area contributed by atoms with Gasteiger partial charge < -0.3 is 10.1 Å². The van der Waals surface area contributed by atoms with Gasteiger partial charge in [0.1, 0.15) is 6.33 Å². The van der Waals surface area contributed by atoms with Crippen molar-refractivity contribution in [3.05, 3.63) is 18.1 Å². The predicted molar refractivity (Wildman–Crippen MR) is 59.9 cm³/mol. The molecule has 1 N–H and O–H groups in total. The molecule has 4 heteroatoms. The fourth-order valence-electron chi connectivity index (χ4n) is 1.43. The molecule has 84 valence electrons. The van der Waals surface area contributed by atoms with E-state index in [-0.39, 0.29) is 0 Å². The summed E-state index contributed by atoms with van der Waals surface area (Å²) in [5, 5.41) is 3.44. The quantitative estimate of drug-likeness (QED) is 0.777. The Balaban J connectivity index is 2.72. The third kappa shape index (κ3) is 3.47. The highest BCUT2D eigenvalue weighted by Gasteiger charge is 2.10. The molecule has 1 unspecified atom stereocenters. The molecule has 0 saturated carbocycles. The first-order valence-electron chi connectivity index (χ1n) is 5.41. The Bertz CT molecular complexity index is 291. The van der Waals surface area contributed by atoms with Crippen LogP contribution in [0.2, 0.25) is 0 Å². The number of methoxy groups -OCH3 is 1. The Morgan fingerprint density at radius 1 is 1.40 bits per heavy atom. The number of nitrogens with one attached hydrogen (secondary N) is 1. The van der Waals surface area contributed by atoms with Crippen LogP contribution in [-0.4, -0.2) is 23.6 Å². The predicted octanol–water partition coefficient (Wildman–Crippen LogP) is 1.94. The summed E-state index contributed by atoms with van der Waals surface area (Å²) in [5.74, 6) is 0.622. The van der Waals surface area contributed by atoms with Crippen molar-refractivity contribution >= 4 is 0 Å². The number of rotatable bonds is 6. The Morgan fingerprint density at radius 2 is 2.20 bits per heavy atom. The normalized spacial score (nSPS) is 12.5. The molecule has 1 aromatic heterocycles. The smallest absolute Gasteiger partial charge is 0.216 e. The molecular weight excluding hydrogens is 190 g/mol. The van der Waals surface area contributed by atoms with Gasteiger partial charge in [-0.1, -0.05) is 13.8 Å². The minimum absolute atomic E-state index is 0.293. The Hall–Kier alpha value is -1.16. The van der Waals surface area contributed by atoms with E-state index in [4.69, 9.17) is 4.74 Å². The molecule has 0 aliphatic heterocycles. The van der Waals surface area contributed by atoms with E-state index in [0.717, 1.165) is 25.1 Å². The molecule has 4 nitrogen and oxygen atoms in total. The van der Waals surface area contributed by atoms with E-state index >= 15 is 0 Å². The summed E-state index contributed by atoms with van der Waals surface area (Å²) in [6.07, 6.45) is 3.68. The van der Waals surface area contributed by atoms with E-state index in [0.29, 0.717) is 11.9 Å². The number of ether oxygens (including phenoxy) is 1. The summed E-state index contributed by atoms with van der Waals surface area (Å²) in [5.41, 5.74) is 0.998. The van der Waals surface area contributed by atoms with Crippen LogP contribution in [0.5, 0.6) is 5.88 Å². The summed E-state index contributed by atoms with van der Waals surface area (Å²) >= 11 is 0. The van der Waals surface area contributed by atoms with Crippen LogP contribution in [0, 0.1) is 0 Å². The van der Waals surface area contributed by atoms with Gasteiger partial charge in [-0.05, 0) is 19.4 Å². The third-order valence-corrected chi connectivity index (χ3v) is 2.28. The fraction of sp³-hybridized carbons (Fsp3) is 0.636. The minimum Gasteiger partial charge on any atom is -0.481 e. The average molecular weight is 209 g/mol. The summed E-state index contributed by atoms with van der Waals surface area (Å²) < 4.78 is 5.08. The molecule has 0 aliphatic rings. The summed E-state index contributed by atoms with van der Waals surface area (Å²) in [7, 11) is 1.62. The van der Waals surface area contributed by atoms with Crippen molar-refractivity contribution in [2.45, 2.75) is 32.7 Å². The van der Waals surface area contributed by atoms with Crippen LogP contribution in [0.4, 0.5) is 0 Å². The van der Waals surface area contributed by atoms with Gasteiger partial charge >= 0.3 is 0 Å². The molecule has 1 rings (SSSR count). The number of aromatic nitrogens is 2. The molecule has 0 amide bonds. The second-order valence-corrected chi connectivity index (χ2v) is 3.40. The molecule has 15 heavy (non-hydrogen) atoms. The number of nitrogens with zero attached hydrogens (tertiary/aromatic N) is 2. The molecule has 1 aromatic rings. The average Bonchev–Trinajstić information content (AvgIpc) is 2.30. The van der Waals surface area contributed by atoms with E-state index in [1.807, 2.05) is 6.07 Å². The highest BCUT2D eigenvalue weighted by molar-refractivity contribution is 5.16. The molecule has 0 aromatic carbocycles. The lowest BCUT2D eigenvalue weighted by Crippen LogP contribution is -2.22. The minimum atomic E-state index is 0.293. The van der Waals surface area contributed by atoms with Gasteiger partial charge in [0, 0.05) is 12.1 Å². The fourth-order valence-corrected chi connectivity index (χ4v) is 1.43. The number of hydrogen-bond acceptors (Lipinski definition) is 4. The molecule has 0 spiro atoms. The first-order chi connectivity index (χ1) is 7.31. The highest BCUT2D eigenvalue weighted by atomic mass is 16.5. The highest BCUT2D eigenvalue weighted by Crippen LogP contribution is 2.16. The molecule has 1 heterocycles. The van der Waals surface area contributed by atoms with Gasteiger partial charge in [0.05, 0.1) is 12.8 Å². The second kappa shape index (κ2) is 6.35. The molecule has 0 bridgehead atoms. The van der Waals surface area contributed by atoms with Crippen LogP contribution in [0.25, 0.3) is 0 Å². The van der Waals surface area contributed by atoms with E-state index in [1.54, 1.807) is 13.4 Å². The van der Waals surface area contributed by atoms with Crippen molar-refractivity contribution in [3.8, 4) is 5.88 Å². The maximum absolute atomic E-state index is 5.08. The second-order valence-electron chi connectivity index (χ2n) is 3.40. The summed E-state index contributed by atoms with van der Waals surface area (Å²) in [4.78, 5) is 8.25. The molecule has 0 saturated heterocycles. The lowest BCUT2D eigenvalue weighted by Gasteiger charge is -2.15. The third-order valence-electron chi connectivity index (χ3n) is 2.28. The SMILES string of the molecule is CCCNC(CC)c1cc(OC)ncn1. The van der Waals surface area contributed by atoms with Crippen molar-refractivity contribution in [1.82, 2.24) is 15.3 Å². The van der Waals surface area contributed by atoms with E-state index < -0.39 is 0 Å². The summed E-state index contributed by atoms with van der Waals surface area (Å²) in [6, 6.07) is 2.18.